The molecule has 0 fully saturated rings. The smallest absolute Gasteiger partial charge is 0.225 e. The molecule has 3 rings (SSSR count). The van der Waals surface area contributed by atoms with Gasteiger partial charge in [0, 0.05) is 10.4 Å². The second-order valence-electron chi connectivity index (χ2n) is 5.55. The number of thiophene rings is 1. The summed E-state index contributed by atoms with van der Waals surface area (Å²) in [6, 6.07) is 8.60. The number of nitrogens with two attached hydrogens (primary N) is 1. The second kappa shape index (κ2) is 6.70. The molecule has 0 spiro atoms. The zero-order valence-corrected chi connectivity index (χ0v) is 14.9. The average Bonchev–Trinajstić information content (AvgIpc) is 3.02. The summed E-state index contributed by atoms with van der Waals surface area (Å²) in [6.07, 6.45) is -4.63. The lowest BCUT2D eigenvalue weighted by Crippen LogP contribution is -2.11. The highest BCUT2D eigenvalue weighted by atomic mass is 32.2. The Balaban J connectivity index is 2.19. The van der Waals surface area contributed by atoms with E-state index in [2.05, 4.69) is 0 Å². The van der Waals surface area contributed by atoms with Gasteiger partial charge in [0.05, 0.1) is 4.90 Å². The summed E-state index contributed by atoms with van der Waals surface area (Å²) in [5.74, 6) is -2.31. The predicted octanol–water partition coefficient (Wildman–Crippen LogP) is 5.03. The minimum absolute atomic E-state index is 0.0694. The van der Waals surface area contributed by atoms with Crippen LogP contribution < -0.4 is 5.14 Å². The van der Waals surface area contributed by atoms with Crippen molar-refractivity contribution in [3.63, 3.8) is 0 Å². The minimum atomic E-state index is -4.63. The molecule has 1 aromatic heterocycles. The molecule has 0 saturated heterocycles. The number of sulfonamides is 1. The van der Waals surface area contributed by atoms with E-state index in [0.29, 0.717) is 11.3 Å². The van der Waals surface area contributed by atoms with Gasteiger partial charge in [-0.1, -0.05) is 18.2 Å². The van der Waals surface area contributed by atoms with Crippen LogP contribution in [0.15, 0.2) is 53.4 Å². The maximum Gasteiger partial charge on any atom is 0.425 e. The van der Waals surface area contributed by atoms with Crippen molar-refractivity contribution in [1.29, 1.82) is 0 Å². The molecule has 27 heavy (non-hydrogen) atoms. The molecule has 0 amide bonds. The Bertz CT molecular complexity index is 1100. The van der Waals surface area contributed by atoms with Crippen molar-refractivity contribution in [2.45, 2.75) is 11.1 Å². The molecule has 0 aliphatic rings. The van der Waals surface area contributed by atoms with Crippen LogP contribution in [0.1, 0.15) is 4.88 Å². The van der Waals surface area contributed by atoms with E-state index in [4.69, 9.17) is 5.14 Å². The standard InChI is InChI=1S/C17H10F5NO2S2/c18-13-6-3-10(7-14(13)19)16-12(8-15(26-16)17(20,21)22)9-1-4-11(5-2-9)27(23,24)25/h1-8H,(H2,23,24,25). The molecule has 1 heterocycles. The molecule has 0 atom stereocenters. The topological polar surface area (TPSA) is 60.2 Å². The molecule has 2 aromatic carbocycles. The van der Waals surface area contributed by atoms with Crippen LogP contribution in [0.2, 0.25) is 0 Å². The minimum Gasteiger partial charge on any atom is -0.225 e. The van der Waals surface area contributed by atoms with Gasteiger partial charge in [-0.2, -0.15) is 13.2 Å². The normalized spacial score (nSPS) is 12.4. The molecule has 0 bridgehead atoms. The summed E-state index contributed by atoms with van der Waals surface area (Å²) in [5.41, 5.74) is 0.452. The van der Waals surface area contributed by atoms with Crippen molar-refractivity contribution in [2.24, 2.45) is 5.14 Å². The lowest BCUT2D eigenvalue weighted by molar-refractivity contribution is -0.134. The lowest BCUT2D eigenvalue weighted by atomic mass is 10.0. The van der Waals surface area contributed by atoms with Gasteiger partial charge < -0.3 is 0 Å². The number of hydrogen-bond acceptors (Lipinski definition) is 3. The van der Waals surface area contributed by atoms with Gasteiger partial charge in [0.1, 0.15) is 4.88 Å². The third kappa shape index (κ3) is 4.02. The van der Waals surface area contributed by atoms with Gasteiger partial charge in [-0.25, -0.2) is 22.3 Å². The molecule has 0 aliphatic heterocycles. The molecular weight excluding hydrogens is 409 g/mol. The van der Waals surface area contributed by atoms with E-state index >= 15 is 0 Å². The maximum absolute atomic E-state index is 13.6. The van der Waals surface area contributed by atoms with Crippen LogP contribution in [0.25, 0.3) is 21.6 Å². The first-order valence-corrected chi connectivity index (χ1v) is 9.63. The van der Waals surface area contributed by atoms with Gasteiger partial charge in [0.25, 0.3) is 0 Å². The van der Waals surface area contributed by atoms with Gasteiger partial charge in [-0.3, -0.25) is 0 Å². The summed E-state index contributed by atoms with van der Waals surface area (Å²) in [5, 5.41) is 5.01. The van der Waals surface area contributed by atoms with Gasteiger partial charge in [0.2, 0.25) is 10.0 Å². The van der Waals surface area contributed by atoms with E-state index in [1.54, 1.807) is 0 Å². The number of primary sulfonamides is 1. The van der Waals surface area contributed by atoms with Crippen LogP contribution >= 0.6 is 11.3 Å². The number of benzene rings is 2. The molecule has 2 N–H and O–H groups in total. The van der Waals surface area contributed by atoms with Crippen molar-refractivity contribution < 1.29 is 30.4 Å². The van der Waals surface area contributed by atoms with Crippen LogP contribution in [0.5, 0.6) is 0 Å². The van der Waals surface area contributed by atoms with Crippen molar-refractivity contribution in [3.8, 4) is 21.6 Å². The third-order valence-electron chi connectivity index (χ3n) is 3.69. The van der Waals surface area contributed by atoms with Gasteiger partial charge in [-0.15, -0.1) is 11.3 Å². The van der Waals surface area contributed by atoms with Crippen LogP contribution in [-0.4, -0.2) is 8.42 Å². The van der Waals surface area contributed by atoms with Gasteiger partial charge in [-0.05, 0) is 41.5 Å². The van der Waals surface area contributed by atoms with E-state index in [0.717, 1.165) is 30.3 Å². The molecular formula is C17H10F5NO2S2. The summed E-state index contributed by atoms with van der Waals surface area (Å²) in [6.45, 7) is 0. The van der Waals surface area contributed by atoms with Gasteiger partial charge >= 0.3 is 6.18 Å². The maximum atomic E-state index is 13.6. The third-order valence-corrected chi connectivity index (χ3v) is 5.85. The highest BCUT2D eigenvalue weighted by Crippen LogP contribution is 2.45. The molecule has 0 radical (unpaired) electrons. The first-order chi connectivity index (χ1) is 12.5. The van der Waals surface area contributed by atoms with Crippen LogP contribution in [-0.2, 0) is 16.2 Å². The van der Waals surface area contributed by atoms with Crippen LogP contribution in [0.4, 0.5) is 22.0 Å². The molecule has 142 valence electrons. The van der Waals surface area contributed by atoms with E-state index in [-0.39, 0.29) is 26.5 Å². The SMILES string of the molecule is NS(=O)(=O)c1ccc(-c2cc(C(F)(F)F)sc2-c2ccc(F)c(F)c2)cc1. The van der Waals surface area contributed by atoms with Gasteiger partial charge in [0.15, 0.2) is 11.6 Å². The zero-order chi connectivity index (χ0) is 20.0. The predicted molar refractivity (Wildman–Crippen MR) is 91.5 cm³/mol. The molecule has 10 heteroatoms. The highest BCUT2D eigenvalue weighted by molar-refractivity contribution is 7.89. The summed E-state index contributed by atoms with van der Waals surface area (Å²) < 4.78 is 88.8. The Morgan fingerprint density at radius 1 is 0.852 bits per heavy atom. The molecule has 0 aliphatic carbocycles. The van der Waals surface area contributed by atoms with Crippen molar-refractivity contribution in [2.75, 3.05) is 0 Å². The first kappa shape index (κ1) is 19.5. The Morgan fingerprint density at radius 2 is 1.44 bits per heavy atom. The van der Waals surface area contributed by atoms with E-state index in [1.165, 1.54) is 18.2 Å². The molecule has 3 aromatic rings. The fourth-order valence-corrected chi connectivity index (χ4v) is 3.98. The Hall–Kier alpha value is -2.30. The van der Waals surface area contributed by atoms with Crippen LogP contribution in [0, 0.1) is 11.6 Å². The molecule has 0 unspecified atom stereocenters. The number of rotatable bonds is 3. The van der Waals surface area contributed by atoms with Crippen molar-refractivity contribution in [1.82, 2.24) is 0 Å². The van der Waals surface area contributed by atoms with E-state index in [9.17, 15) is 30.4 Å². The van der Waals surface area contributed by atoms with E-state index in [1.807, 2.05) is 0 Å². The molecule has 0 saturated carbocycles. The fourth-order valence-electron chi connectivity index (χ4n) is 2.42. The first-order valence-electron chi connectivity index (χ1n) is 7.26. The number of hydrogen-bond donors (Lipinski definition) is 1. The highest BCUT2D eigenvalue weighted by Gasteiger charge is 2.34. The molecule has 3 nitrogen and oxygen atoms in total. The van der Waals surface area contributed by atoms with Crippen molar-refractivity contribution in [3.05, 3.63) is 65.0 Å². The second-order valence-corrected chi connectivity index (χ2v) is 8.16. The fraction of sp³-hybridized carbons (Fsp3) is 0.0588. The Labute approximate surface area is 154 Å². The summed E-state index contributed by atoms with van der Waals surface area (Å²) in [4.78, 5) is -1.05. The van der Waals surface area contributed by atoms with Crippen molar-refractivity contribution >= 4 is 21.4 Å². The zero-order valence-electron chi connectivity index (χ0n) is 13.2. The Morgan fingerprint density at radius 3 is 1.96 bits per heavy atom. The largest absolute Gasteiger partial charge is 0.425 e. The van der Waals surface area contributed by atoms with Crippen LogP contribution in [0.3, 0.4) is 0 Å². The lowest BCUT2D eigenvalue weighted by Gasteiger charge is -2.06. The monoisotopic (exact) mass is 419 g/mol. The number of halogens is 5. The summed E-state index contributed by atoms with van der Waals surface area (Å²) >= 11 is 0.382. The van der Waals surface area contributed by atoms with E-state index < -0.39 is 32.7 Å². The number of alkyl halides is 3. The quantitative estimate of drug-likeness (QED) is 0.606. The summed E-state index contributed by atoms with van der Waals surface area (Å²) in [7, 11) is -3.96. The Kier molecular flexibility index (Phi) is 4.83. The average molecular weight is 419 g/mol.